The van der Waals surface area contributed by atoms with Crippen molar-refractivity contribution in [1.82, 2.24) is 9.80 Å². The second-order valence-electron chi connectivity index (χ2n) is 8.42. The van der Waals surface area contributed by atoms with Gasteiger partial charge in [-0.25, -0.2) is 13.6 Å². The Hall–Kier alpha value is -1.73. The van der Waals surface area contributed by atoms with E-state index in [2.05, 4.69) is 0 Å². The molecule has 0 spiro atoms. The van der Waals surface area contributed by atoms with Crippen molar-refractivity contribution in [2.45, 2.75) is 76.4 Å². The summed E-state index contributed by atoms with van der Waals surface area (Å²) in [5, 5.41) is 10.3. The van der Waals surface area contributed by atoms with Crippen LogP contribution in [-0.4, -0.2) is 63.8 Å². The lowest BCUT2D eigenvalue weighted by Crippen LogP contribution is -2.65. The van der Waals surface area contributed by atoms with Crippen molar-refractivity contribution in [1.29, 1.82) is 0 Å². The number of aliphatic hydroxyl groups excluding tert-OH is 1. The highest BCUT2D eigenvalue weighted by Gasteiger charge is 2.53. The van der Waals surface area contributed by atoms with Crippen molar-refractivity contribution >= 4 is 6.09 Å². The average molecular weight is 382 g/mol. The second kappa shape index (κ2) is 7.72. The third-order valence-corrected chi connectivity index (χ3v) is 5.25. The molecule has 0 saturated carbocycles. The van der Waals surface area contributed by atoms with E-state index < -0.39 is 36.3 Å². The number of benzene rings is 1. The summed E-state index contributed by atoms with van der Waals surface area (Å²) in [5.74, 6) is 0. The number of aliphatic hydroxyl groups is 1. The van der Waals surface area contributed by atoms with E-state index >= 15 is 0 Å². The number of alkyl halides is 2. The van der Waals surface area contributed by atoms with Crippen LogP contribution in [-0.2, 0) is 11.3 Å². The first-order valence-electron chi connectivity index (χ1n) is 9.43. The van der Waals surface area contributed by atoms with Crippen LogP contribution in [0.25, 0.3) is 0 Å². The minimum absolute atomic E-state index is 0.0883. The van der Waals surface area contributed by atoms with Gasteiger partial charge in [-0.3, -0.25) is 9.80 Å². The second-order valence-corrected chi connectivity index (χ2v) is 8.42. The number of nitrogens with zero attached hydrogens (tertiary/aromatic N) is 2. The van der Waals surface area contributed by atoms with E-state index in [1.54, 1.807) is 25.7 Å². The Balaban J connectivity index is 1.85. The molecule has 0 aromatic heterocycles. The number of likely N-dealkylation sites (tertiary alicyclic amines) is 1. The molecule has 0 radical (unpaired) electrons. The van der Waals surface area contributed by atoms with Gasteiger partial charge in [0.25, 0.3) is 6.43 Å². The van der Waals surface area contributed by atoms with E-state index in [0.717, 1.165) is 12.0 Å². The van der Waals surface area contributed by atoms with Crippen LogP contribution in [0.15, 0.2) is 30.3 Å². The molecule has 2 heterocycles. The highest BCUT2D eigenvalue weighted by molar-refractivity contribution is 5.70. The molecule has 1 aromatic carbocycles. The number of carbonyl (C=O) groups excluding carboxylic acids is 1. The number of amides is 1. The first kappa shape index (κ1) is 20.0. The maximum atomic E-state index is 13.4. The number of halogens is 2. The SMILES string of the molecule is CC(C)(C)OC(=O)N1[C@H]2CC[C@@H]1[C@@H]([C@@H](O)C(F)F)N(Cc1ccccc1)C2. The van der Waals surface area contributed by atoms with Gasteiger partial charge in [0.15, 0.2) is 0 Å². The molecule has 150 valence electrons. The Morgan fingerprint density at radius 1 is 1.26 bits per heavy atom. The number of carbonyl (C=O) groups is 1. The van der Waals surface area contributed by atoms with Crippen LogP contribution < -0.4 is 0 Å². The Labute approximate surface area is 158 Å². The van der Waals surface area contributed by atoms with E-state index in [1.807, 2.05) is 35.2 Å². The van der Waals surface area contributed by atoms with Crippen LogP contribution in [0.1, 0.15) is 39.2 Å². The zero-order chi connectivity index (χ0) is 19.8. The standard InChI is InChI=1S/C20H28F2N2O3/c1-20(2,3)27-19(26)24-14-9-10-15(24)16(17(25)18(21)22)23(12-14)11-13-7-5-4-6-8-13/h4-8,14-18,25H,9-12H2,1-3H3/t14-,15+,16-,17+/m0/s1. The lowest BCUT2D eigenvalue weighted by atomic mass is 9.96. The summed E-state index contributed by atoms with van der Waals surface area (Å²) in [6, 6.07) is 8.19. The van der Waals surface area contributed by atoms with Gasteiger partial charge in [0.2, 0.25) is 0 Å². The number of ether oxygens (including phenoxy) is 1. The molecule has 5 nitrogen and oxygen atoms in total. The summed E-state index contributed by atoms with van der Waals surface area (Å²) < 4.78 is 32.4. The zero-order valence-electron chi connectivity index (χ0n) is 16.0. The molecule has 4 atom stereocenters. The van der Waals surface area contributed by atoms with Crippen molar-refractivity contribution < 1.29 is 23.4 Å². The van der Waals surface area contributed by atoms with Gasteiger partial charge in [0.1, 0.15) is 11.7 Å². The van der Waals surface area contributed by atoms with E-state index in [1.165, 1.54) is 0 Å². The number of piperazine rings is 1. The molecule has 0 aliphatic carbocycles. The molecule has 2 fully saturated rings. The normalized spacial score (nSPS) is 27.1. The van der Waals surface area contributed by atoms with E-state index in [0.29, 0.717) is 19.5 Å². The third-order valence-electron chi connectivity index (χ3n) is 5.25. The molecule has 0 unspecified atom stereocenters. The van der Waals surface area contributed by atoms with Crippen LogP contribution in [0.5, 0.6) is 0 Å². The quantitative estimate of drug-likeness (QED) is 0.869. The first-order chi connectivity index (χ1) is 12.7. The Morgan fingerprint density at radius 3 is 2.52 bits per heavy atom. The first-order valence-corrected chi connectivity index (χ1v) is 9.43. The molecule has 2 aliphatic rings. The van der Waals surface area contributed by atoms with Crippen molar-refractivity contribution in [2.24, 2.45) is 0 Å². The Kier molecular flexibility index (Phi) is 5.72. The van der Waals surface area contributed by atoms with Gasteiger partial charge in [-0.05, 0) is 39.2 Å². The number of hydrogen-bond donors (Lipinski definition) is 1. The minimum atomic E-state index is -2.87. The van der Waals surface area contributed by atoms with Crippen molar-refractivity contribution in [3.05, 3.63) is 35.9 Å². The number of hydrogen-bond acceptors (Lipinski definition) is 4. The van der Waals surface area contributed by atoms with Crippen LogP contribution in [0.3, 0.4) is 0 Å². The summed E-state index contributed by atoms with van der Waals surface area (Å²) >= 11 is 0. The number of rotatable bonds is 4. The fraction of sp³-hybridized carbons (Fsp3) is 0.650. The van der Waals surface area contributed by atoms with Gasteiger partial charge in [-0.15, -0.1) is 0 Å². The summed E-state index contributed by atoms with van der Waals surface area (Å²) in [6.07, 6.45) is -3.86. The summed E-state index contributed by atoms with van der Waals surface area (Å²) in [7, 11) is 0. The molecule has 27 heavy (non-hydrogen) atoms. The van der Waals surface area contributed by atoms with E-state index in [9.17, 15) is 18.7 Å². The lowest BCUT2D eigenvalue weighted by Gasteiger charge is -2.48. The van der Waals surface area contributed by atoms with Crippen LogP contribution in [0.4, 0.5) is 13.6 Å². The van der Waals surface area contributed by atoms with Gasteiger partial charge in [0.05, 0.1) is 12.1 Å². The molecule has 7 heteroatoms. The van der Waals surface area contributed by atoms with E-state index in [4.69, 9.17) is 4.74 Å². The van der Waals surface area contributed by atoms with Crippen LogP contribution in [0, 0.1) is 0 Å². The van der Waals surface area contributed by atoms with E-state index in [-0.39, 0.29) is 6.04 Å². The van der Waals surface area contributed by atoms with Crippen molar-refractivity contribution in [3.8, 4) is 0 Å². The molecule has 1 amide bonds. The molecule has 2 aliphatic heterocycles. The summed E-state index contributed by atoms with van der Waals surface area (Å²) in [6.45, 7) is 6.25. The van der Waals surface area contributed by atoms with Crippen molar-refractivity contribution in [2.75, 3.05) is 6.54 Å². The molecule has 1 N–H and O–H groups in total. The van der Waals surface area contributed by atoms with Gasteiger partial charge in [-0.2, -0.15) is 0 Å². The van der Waals surface area contributed by atoms with Gasteiger partial charge in [-0.1, -0.05) is 30.3 Å². The molecule has 2 saturated heterocycles. The average Bonchev–Trinajstić information content (AvgIpc) is 2.89. The maximum absolute atomic E-state index is 13.4. The minimum Gasteiger partial charge on any atom is -0.444 e. The largest absolute Gasteiger partial charge is 0.444 e. The predicted octanol–water partition coefficient (Wildman–Crippen LogP) is 3.26. The molecular formula is C20H28F2N2O3. The van der Waals surface area contributed by atoms with Crippen molar-refractivity contribution in [3.63, 3.8) is 0 Å². The third kappa shape index (κ3) is 4.41. The smallest absolute Gasteiger partial charge is 0.410 e. The summed E-state index contributed by atoms with van der Waals surface area (Å²) in [4.78, 5) is 16.2. The molecule has 3 rings (SSSR count). The van der Waals surface area contributed by atoms with Crippen LogP contribution >= 0.6 is 0 Å². The fourth-order valence-electron chi connectivity index (χ4n) is 4.24. The Morgan fingerprint density at radius 2 is 1.93 bits per heavy atom. The molecule has 1 aromatic rings. The monoisotopic (exact) mass is 382 g/mol. The lowest BCUT2D eigenvalue weighted by molar-refractivity contribution is -0.103. The highest BCUT2D eigenvalue weighted by atomic mass is 19.3. The summed E-state index contributed by atoms with van der Waals surface area (Å²) in [5.41, 5.74) is 0.336. The molecular weight excluding hydrogens is 354 g/mol. The van der Waals surface area contributed by atoms with Gasteiger partial charge >= 0.3 is 6.09 Å². The van der Waals surface area contributed by atoms with Gasteiger partial charge in [0, 0.05) is 19.1 Å². The van der Waals surface area contributed by atoms with Crippen LogP contribution in [0.2, 0.25) is 0 Å². The number of fused-ring (bicyclic) bond motifs is 2. The zero-order valence-corrected chi connectivity index (χ0v) is 16.0. The predicted molar refractivity (Wildman–Crippen MR) is 97.5 cm³/mol. The maximum Gasteiger partial charge on any atom is 0.410 e. The fourth-order valence-corrected chi connectivity index (χ4v) is 4.24. The Bertz CT molecular complexity index is 650. The van der Waals surface area contributed by atoms with Gasteiger partial charge < -0.3 is 9.84 Å². The molecule has 2 bridgehead atoms. The topological polar surface area (TPSA) is 53.0 Å². The highest BCUT2D eigenvalue weighted by Crippen LogP contribution is 2.38.